The summed E-state index contributed by atoms with van der Waals surface area (Å²) in [5.74, 6) is -0.931. The van der Waals surface area contributed by atoms with Gasteiger partial charge in [0, 0.05) is 18.7 Å². The molecule has 1 amide bonds. The van der Waals surface area contributed by atoms with Gasteiger partial charge in [-0.25, -0.2) is 18.7 Å². The van der Waals surface area contributed by atoms with E-state index in [-0.39, 0.29) is 30.9 Å². The number of carbonyl (C=O) groups excluding carboxylic acids is 1. The quantitative estimate of drug-likeness (QED) is 0.434. The molecule has 0 unspecified atom stereocenters. The average molecular weight is 481 g/mol. The molecule has 0 fully saturated rings. The topological polar surface area (TPSA) is 112 Å². The van der Waals surface area contributed by atoms with Crippen LogP contribution in [0.1, 0.15) is 26.8 Å². The number of hydrogen-bond donors (Lipinski definition) is 1. The highest BCUT2D eigenvalue weighted by molar-refractivity contribution is 7.15. The summed E-state index contributed by atoms with van der Waals surface area (Å²) in [6.07, 6.45) is 0. The van der Waals surface area contributed by atoms with Crippen LogP contribution in [0, 0.1) is 19.7 Å². The van der Waals surface area contributed by atoms with Crippen LogP contribution in [0.4, 0.5) is 4.39 Å². The maximum absolute atomic E-state index is 13.4. The van der Waals surface area contributed by atoms with Crippen molar-refractivity contribution in [2.24, 2.45) is 0 Å². The molecular weight excluding hydrogens is 459 g/mol. The van der Waals surface area contributed by atoms with Crippen molar-refractivity contribution in [3.63, 3.8) is 0 Å². The van der Waals surface area contributed by atoms with E-state index in [1.807, 2.05) is 13.8 Å². The van der Waals surface area contributed by atoms with Crippen molar-refractivity contribution in [2.45, 2.75) is 26.9 Å². The number of nitrogens with one attached hydrogen (secondary N) is 1. The maximum Gasteiger partial charge on any atom is 0.271 e. The smallest absolute Gasteiger partial charge is 0.271 e. The second-order valence-corrected chi connectivity index (χ2v) is 8.73. The predicted molar refractivity (Wildman–Crippen MR) is 125 cm³/mol. The van der Waals surface area contributed by atoms with E-state index in [9.17, 15) is 18.8 Å². The highest BCUT2D eigenvalue weighted by Gasteiger charge is 2.12. The summed E-state index contributed by atoms with van der Waals surface area (Å²) in [5.41, 5.74) is 1.35. The Hall–Kier alpha value is -3.99. The van der Waals surface area contributed by atoms with Gasteiger partial charge in [0.05, 0.1) is 28.7 Å². The first kappa shape index (κ1) is 23.2. The fourth-order valence-electron chi connectivity index (χ4n) is 3.36. The van der Waals surface area contributed by atoms with Crippen molar-refractivity contribution in [1.82, 2.24) is 29.9 Å². The Balaban J connectivity index is 1.43. The lowest BCUT2D eigenvalue weighted by Gasteiger charge is -2.09. The first-order valence-corrected chi connectivity index (χ1v) is 11.3. The summed E-state index contributed by atoms with van der Waals surface area (Å²) in [5, 5.41) is 12.1. The van der Waals surface area contributed by atoms with E-state index in [0.29, 0.717) is 11.3 Å². The zero-order chi connectivity index (χ0) is 24.2. The van der Waals surface area contributed by atoms with Gasteiger partial charge in [-0.1, -0.05) is 12.1 Å². The van der Waals surface area contributed by atoms with Crippen molar-refractivity contribution < 1.29 is 9.18 Å². The van der Waals surface area contributed by atoms with Crippen LogP contribution in [0.25, 0.3) is 10.6 Å². The number of amides is 1. The summed E-state index contributed by atoms with van der Waals surface area (Å²) in [7, 11) is 0. The minimum absolute atomic E-state index is 0.0281. The molecule has 11 heteroatoms. The Labute approximate surface area is 197 Å². The largest absolute Gasteiger partial charge is 0.349 e. The third kappa shape index (κ3) is 5.31. The summed E-state index contributed by atoms with van der Waals surface area (Å²) in [6, 6.07) is 11.4. The van der Waals surface area contributed by atoms with Crippen molar-refractivity contribution in [3.05, 3.63) is 97.0 Å². The van der Waals surface area contributed by atoms with Crippen molar-refractivity contribution in [3.8, 4) is 10.6 Å². The van der Waals surface area contributed by atoms with Gasteiger partial charge in [0.1, 0.15) is 17.2 Å². The molecule has 3 aromatic heterocycles. The molecule has 0 saturated heterocycles. The van der Waals surface area contributed by atoms with E-state index in [2.05, 4.69) is 20.5 Å². The van der Waals surface area contributed by atoms with Crippen molar-refractivity contribution in [1.29, 1.82) is 0 Å². The third-order valence-electron chi connectivity index (χ3n) is 4.93. The number of benzene rings is 1. The molecular formula is C23H21FN6O3S. The Kier molecular flexibility index (Phi) is 6.73. The van der Waals surface area contributed by atoms with Crippen LogP contribution in [0.5, 0.6) is 0 Å². The maximum atomic E-state index is 13.4. The van der Waals surface area contributed by atoms with Gasteiger partial charge in [0.25, 0.3) is 17.0 Å². The molecule has 4 rings (SSSR count). The number of nitrogens with zero attached hydrogens (tertiary/aromatic N) is 5. The van der Waals surface area contributed by atoms with Gasteiger partial charge in [0.15, 0.2) is 0 Å². The van der Waals surface area contributed by atoms with Gasteiger partial charge in [-0.3, -0.25) is 14.4 Å². The van der Waals surface area contributed by atoms with Crippen molar-refractivity contribution in [2.75, 3.05) is 6.54 Å². The van der Waals surface area contributed by atoms with Crippen LogP contribution < -0.4 is 16.4 Å². The fraction of sp³-hybridized carbons (Fsp3) is 0.217. The highest BCUT2D eigenvalue weighted by atomic mass is 32.1. The van der Waals surface area contributed by atoms with Crippen LogP contribution in [0.3, 0.4) is 0 Å². The number of halogens is 1. The fourth-order valence-corrected chi connectivity index (χ4v) is 4.24. The standard InChI is InChI=1S/C23H21FN6O3S/c1-14-22(34-15(2)26-14)18-6-8-20(31)29(27-18)11-10-25-23(33)19-7-9-21(32)30(28-19)13-16-4-3-5-17(24)12-16/h3-9,12H,10-11,13H2,1-2H3,(H,25,33). The average Bonchev–Trinajstić information content (AvgIpc) is 3.14. The molecule has 0 radical (unpaired) electrons. The number of carbonyl (C=O) groups is 1. The van der Waals surface area contributed by atoms with E-state index >= 15 is 0 Å². The summed E-state index contributed by atoms with van der Waals surface area (Å²) in [4.78, 5) is 42.2. The van der Waals surface area contributed by atoms with Crippen LogP contribution >= 0.6 is 11.3 Å². The van der Waals surface area contributed by atoms with E-state index in [0.717, 1.165) is 20.3 Å². The number of thiazole rings is 1. The van der Waals surface area contributed by atoms with Crippen molar-refractivity contribution >= 4 is 17.2 Å². The first-order valence-electron chi connectivity index (χ1n) is 10.4. The molecule has 3 heterocycles. The van der Waals surface area contributed by atoms with Gasteiger partial charge < -0.3 is 5.32 Å². The lowest BCUT2D eigenvalue weighted by molar-refractivity contribution is 0.0944. The Bertz CT molecular complexity index is 1480. The number of rotatable bonds is 7. The molecule has 4 aromatic rings. The minimum Gasteiger partial charge on any atom is -0.349 e. The lowest BCUT2D eigenvalue weighted by Crippen LogP contribution is -2.34. The molecule has 0 spiro atoms. The van der Waals surface area contributed by atoms with E-state index < -0.39 is 17.3 Å². The SMILES string of the molecule is Cc1nc(C)c(-c2ccc(=O)n(CCNC(=O)c3ccc(=O)n(Cc4cccc(F)c4)n3)n2)s1. The van der Waals surface area contributed by atoms with Crippen LogP contribution in [-0.2, 0) is 13.1 Å². The predicted octanol–water partition coefficient (Wildman–Crippen LogP) is 2.16. The normalized spacial score (nSPS) is 10.9. The second kappa shape index (κ2) is 9.87. The van der Waals surface area contributed by atoms with E-state index in [1.54, 1.807) is 12.1 Å². The molecule has 34 heavy (non-hydrogen) atoms. The third-order valence-corrected chi connectivity index (χ3v) is 6.03. The molecule has 174 valence electrons. The molecule has 1 aromatic carbocycles. The number of aryl methyl sites for hydroxylation is 2. The molecule has 0 aliphatic rings. The van der Waals surface area contributed by atoms with Gasteiger partial charge in [-0.15, -0.1) is 11.3 Å². The number of aromatic nitrogens is 5. The van der Waals surface area contributed by atoms with Crippen LogP contribution in [0.2, 0.25) is 0 Å². The molecule has 0 saturated carbocycles. The van der Waals surface area contributed by atoms with Crippen LogP contribution in [-0.4, -0.2) is 37.0 Å². The van der Waals surface area contributed by atoms with E-state index in [1.165, 1.54) is 52.4 Å². The van der Waals surface area contributed by atoms with E-state index in [4.69, 9.17) is 0 Å². The summed E-state index contributed by atoms with van der Waals surface area (Å²) < 4.78 is 15.8. The number of hydrogen-bond acceptors (Lipinski definition) is 7. The highest BCUT2D eigenvalue weighted by Crippen LogP contribution is 2.27. The Morgan fingerprint density at radius 1 is 1.03 bits per heavy atom. The van der Waals surface area contributed by atoms with Gasteiger partial charge in [0.2, 0.25) is 0 Å². The van der Waals surface area contributed by atoms with Crippen LogP contribution in [0.15, 0.2) is 58.1 Å². The molecule has 9 nitrogen and oxygen atoms in total. The second-order valence-electron chi connectivity index (χ2n) is 7.53. The monoisotopic (exact) mass is 480 g/mol. The summed E-state index contributed by atoms with van der Waals surface area (Å²) in [6.45, 7) is 4.10. The molecule has 0 atom stereocenters. The minimum atomic E-state index is -0.508. The molecule has 1 N–H and O–H groups in total. The zero-order valence-corrected chi connectivity index (χ0v) is 19.3. The molecule has 0 bridgehead atoms. The van der Waals surface area contributed by atoms with Gasteiger partial charge in [-0.05, 0) is 43.7 Å². The van der Waals surface area contributed by atoms with Gasteiger partial charge >= 0.3 is 0 Å². The Morgan fingerprint density at radius 3 is 2.53 bits per heavy atom. The molecule has 0 aliphatic carbocycles. The zero-order valence-electron chi connectivity index (χ0n) is 18.5. The Morgan fingerprint density at radius 2 is 1.79 bits per heavy atom. The summed E-state index contributed by atoms with van der Waals surface area (Å²) >= 11 is 1.50. The van der Waals surface area contributed by atoms with Gasteiger partial charge in [-0.2, -0.15) is 10.2 Å². The lowest BCUT2D eigenvalue weighted by atomic mass is 10.2. The molecule has 0 aliphatic heterocycles. The first-order chi connectivity index (χ1) is 16.3.